The van der Waals surface area contributed by atoms with E-state index < -0.39 is 11.6 Å². The number of hydrogen-bond donors (Lipinski definition) is 0. The van der Waals surface area contributed by atoms with Crippen LogP contribution in [0.1, 0.15) is 29.2 Å². The van der Waals surface area contributed by atoms with E-state index in [1.165, 1.54) is 0 Å². The van der Waals surface area contributed by atoms with Crippen molar-refractivity contribution >= 4 is 11.8 Å². The summed E-state index contributed by atoms with van der Waals surface area (Å²) in [6.45, 7) is 3.48. The van der Waals surface area contributed by atoms with E-state index in [-0.39, 0.29) is 16.3 Å². The van der Waals surface area contributed by atoms with Gasteiger partial charge in [-0.1, -0.05) is 24.8 Å². The summed E-state index contributed by atoms with van der Waals surface area (Å²) in [4.78, 5) is -0.353. The van der Waals surface area contributed by atoms with E-state index in [1.807, 2.05) is 6.92 Å². The molecule has 0 aromatic heterocycles. The van der Waals surface area contributed by atoms with Crippen LogP contribution in [0.4, 0.5) is 13.2 Å². The van der Waals surface area contributed by atoms with Crippen LogP contribution in [0.25, 0.3) is 0 Å². The van der Waals surface area contributed by atoms with Gasteiger partial charge in [-0.15, -0.1) is 0 Å². The molecule has 2 aromatic rings. The van der Waals surface area contributed by atoms with Crippen LogP contribution in [0, 0.1) is 46.9 Å². The molecule has 0 saturated heterocycles. The molecule has 0 aliphatic rings. The minimum absolute atomic E-state index is 0.130. The molecular weight excluding hydrogens is 319 g/mol. The zero-order chi connectivity index (χ0) is 17.0. The largest absolute Gasteiger partial charge is 0.206 e. The van der Waals surface area contributed by atoms with Gasteiger partial charge in [0.2, 0.25) is 0 Å². The van der Waals surface area contributed by atoms with E-state index >= 15 is 0 Å². The molecule has 0 atom stereocenters. The van der Waals surface area contributed by atoms with Crippen LogP contribution >= 0.6 is 11.8 Å². The number of nitriles is 1. The zero-order valence-corrected chi connectivity index (χ0v) is 13.3. The molecule has 2 aromatic carbocycles. The number of rotatable bonds is 2. The van der Waals surface area contributed by atoms with Gasteiger partial charge in [0.05, 0.1) is 4.90 Å². The third-order valence-corrected chi connectivity index (χ3v) is 3.96. The molecule has 0 amide bonds. The second kappa shape index (κ2) is 7.26. The number of aryl methyl sites for hydroxylation is 1. The van der Waals surface area contributed by atoms with Crippen molar-refractivity contribution in [2.24, 2.45) is 0 Å². The Labute approximate surface area is 137 Å². The third kappa shape index (κ3) is 3.70. The Bertz CT molecular complexity index is 834. The molecule has 0 spiro atoms. The number of thioether (sulfide) groups is 1. The summed E-state index contributed by atoms with van der Waals surface area (Å²) in [5.74, 6) is 3.41. The van der Waals surface area contributed by atoms with Crippen LogP contribution in [-0.4, -0.2) is 0 Å². The number of hydrogen-bond acceptors (Lipinski definition) is 2. The SMILES string of the molecule is CCc1c(C#Cc2cc(F)c(SC#N)c(F)c2)ccc(C)c1F. The van der Waals surface area contributed by atoms with Gasteiger partial charge in [0.1, 0.15) is 22.9 Å². The fourth-order valence-electron chi connectivity index (χ4n) is 2.12. The van der Waals surface area contributed by atoms with Gasteiger partial charge in [-0.3, -0.25) is 0 Å². The molecule has 1 nitrogen and oxygen atoms in total. The van der Waals surface area contributed by atoms with Gasteiger partial charge >= 0.3 is 0 Å². The first kappa shape index (κ1) is 17.0. The van der Waals surface area contributed by atoms with Crippen molar-refractivity contribution in [2.45, 2.75) is 25.2 Å². The lowest BCUT2D eigenvalue weighted by Crippen LogP contribution is -1.96. The van der Waals surface area contributed by atoms with E-state index in [0.717, 1.165) is 12.1 Å². The molecular formula is C18H12F3NS. The Morgan fingerprint density at radius 3 is 2.30 bits per heavy atom. The summed E-state index contributed by atoms with van der Waals surface area (Å²) in [6.07, 6.45) is 0.470. The minimum atomic E-state index is -0.841. The van der Waals surface area contributed by atoms with Gasteiger partial charge in [-0.05, 0) is 48.9 Å². The van der Waals surface area contributed by atoms with Gasteiger partial charge in [0.25, 0.3) is 0 Å². The number of thiocyanates is 1. The highest BCUT2D eigenvalue weighted by Gasteiger charge is 2.11. The first-order valence-corrected chi connectivity index (χ1v) is 7.64. The molecule has 0 radical (unpaired) electrons. The van der Waals surface area contributed by atoms with Gasteiger partial charge in [0.15, 0.2) is 0 Å². The molecule has 0 aliphatic heterocycles. The molecule has 0 saturated carbocycles. The van der Waals surface area contributed by atoms with E-state index in [2.05, 4.69) is 11.8 Å². The first-order valence-electron chi connectivity index (χ1n) is 6.82. The smallest absolute Gasteiger partial charge is 0.142 e. The molecule has 0 N–H and O–H groups in total. The minimum Gasteiger partial charge on any atom is -0.206 e. The van der Waals surface area contributed by atoms with Crippen molar-refractivity contribution in [3.8, 4) is 17.2 Å². The standard InChI is InChI=1S/C18H12F3NS/c1-3-14-13(6-4-11(2)17(14)21)7-5-12-8-15(19)18(23-10-22)16(20)9-12/h4,6,8-9H,3H2,1-2H3. The molecule has 0 fully saturated rings. The van der Waals surface area contributed by atoms with Gasteiger partial charge in [-0.25, -0.2) is 13.2 Å². The maximum Gasteiger partial charge on any atom is 0.142 e. The molecule has 0 heterocycles. The van der Waals surface area contributed by atoms with E-state index in [0.29, 0.717) is 34.9 Å². The predicted octanol–water partition coefficient (Wildman–Crippen LogP) is 4.95. The lowest BCUT2D eigenvalue weighted by atomic mass is 10.0. The zero-order valence-electron chi connectivity index (χ0n) is 12.5. The molecule has 0 aliphatic carbocycles. The van der Waals surface area contributed by atoms with Crippen LogP contribution in [0.2, 0.25) is 0 Å². The second-order valence-corrected chi connectivity index (χ2v) is 5.58. The number of benzene rings is 2. The number of halogens is 3. The predicted molar refractivity (Wildman–Crippen MR) is 84.3 cm³/mol. The van der Waals surface area contributed by atoms with E-state index in [4.69, 9.17) is 5.26 Å². The van der Waals surface area contributed by atoms with E-state index in [1.54, 1.807) is 24.5 Å². The van der Waals surface area contributed by atoms with Crippen LogP contribution in [0.15, 0.2) is 29.2 Å². The number of nitrogens with zero attached hydrogens (tertiary/aromatic N) is 1. The highest BCUT2D eigenvalue weighted by Crippen LogP contribution is 2.25. The van der Waals surface area contributed by atoms with Crippen LogP contribution in [-0.2, 0) is 6.42 Å². The maximum absolute atomic E-state index is 14.0. The highest BCUT2D eigenvalue weighted by atomic mass is 32.2. The summed E-state index contributed by atoms with van der Waals surface area (Å²) in [5.41, 5.74) is 1.63. The first-order chi connectivity index (χ1) is 11.0. The van der Waals surface area contributed by atoms with Crippen molar-refractivity contribution in [3.05, 3.63) is 64.0 Å². The summed E-state index contributed by atoms with van der Waals surface area (Å²) in [7, 11) is 0. The van der Waals surface area contributed by atoms with Crippen LogP contribution < -0.4 is 0 Å². The summed E-state index contributed by atoms with van der Waals surface area (Å²) < 4.78 is 41.5. The van der Waals surface area contributed by atoms with Crippen LogP contribution in [0.5, 0.6) is 0 Å². The van der Waals surface area contributed by atoms with Crippen LogP contribution in [0.3, 0.4) is 0 Å². The topological polar surface area (TPSA) is 23.8 Å². The highest BCUT2D eigenvalue weighted by molar-refractivity contribution is 8.03. The lowest BCUT2D eigenvalue weighted by molar-refractivity contribution is 0.540. The Morgan fingerprint density at radius 1 is 1.09 bits per heavy atom. The van der Waals surface area contributed by atoms with E-state index in [9.17, 15) is 13.2 Å². The van der Waals surface area contributed by atoms with Gasteiger partial charge in [-0.2, -0.15) is 5.26 Å². The average Bonchev–Trinajstić information content (AvgIpc) is 2.52. The maximum atomic E-state index is 14.0. The molecule has 116 valence electrons. The molecule has 2 rings (SSSR count). The lowest BCUT2D eigenvalue weighted by Gasteiger charge is -2.06. The summed E-state index contributed by atoms with van der Waals surface area (Å²) in [5, 5.41) is 10.1. The van der Waals surface area contributed by atoms with Crippen molar-refractivity contribution in [2.75, 3.05) is 0 Å². The van der Waals surface area contributed by atoms with Gasteiger partial charge < -0.3 is 0 Å². The fourth-order valence-corrected chi connectivity index (χ4v) is 2.52. The Balaban J connectivity index is 2.45. The Hall–Kier alpha value is -2.37. The fraction of sp³-hybridized carbons (Fsp3) is 0.167. The van der Waals surface area contributed by atoms with Gasteiger partial charge in [0, 0.05) is 16.7 Å². The Morgan fingerprint density at radius 2 is 1.74 bits per heavy atom. The molecule has 23 heavy (non-hydrogen) atoms. The third-order valence-electron chi connectivity index (χ3n) is 3.28. The summed E-state index contributed by atoms with van der Waals surface area (Å²) in [6, 6.07) is 5.43. The second-order valence-electron chi connectivity index (χ2n) is 4.79. The monoisotopic (exact) mass is 331 g/mol. The average molecular weight is 331 g/mol. The summed E-state index contributed by atoms with van der Waals surface area (Å²) >= 11 is 0.419. The van der Waals surface area contributed by atoms with Crippen molar-refractivity contribution in [1.29, 1.82) is 5.26 Å². The van der Waals surface area contributed by atoms with Crippen molar-refractivity contribution in [1.82, 2.24) is 0 Å². The molecule has 0 bridgehead atoms. The quantitative estimate of drug-likeness (QED) is 0.442. The van der Waals surface area contributed by atoms with Crippen molar-refractivity contribution < 1.29 is 13.2 Å². The Kier molecular flexibility index (Phi) is 5.36. The normalized spacial score (nSPS) is 9.91. The molecule has 0 unspecified atom stereocenters. The van der Waals surface area contributed by atoms with Crippen molar-refractivity contribution in [3.63, 3.8) is 0 Å². The molecule has 5 heteroatoms.